The lowest BCUT2D eigenvalue weighted by Gasteiger charge is -2.15. The third-order valence-corrected chi connectivity index (χ3v) is 2.41. The first kappa shape index (κ1) is 10.0. The van der Waals surface area contributed by atoms with Gasteiger partial charge in [0, 0.05) is 11.8 Å². The molecule has 0 aromatic carbocycles. The molecule has 2 heterocycles. The molecule has 1 aliphatic heterocycles. The molecule has 0 radical (unpaired) electrons. The average molecular weight is 212 g/mol. The first-order valence-electron chi connectivity index (χ1n) is 4.65. The molecule has 1 aromatic heterocycles. The predicted octanol–water partition coefficient (Wildman–Crippen LogP) is 1.39. The molecule has 0 spiro atoms. The Morgan fingerprint density at radius 3 is 2.47 bits per heavy atom. The fourth-order valence-corrected chi connectivity index (χ4v) is 1.57. The highest BCUT2D eigenvalue weighted by Crippen LogP contribution is 2.21. The summed E-state index contributed by atoms with van der Waals surface area (Å²) in [6.45, 7) is 0.0448. The van der Waals surface area contributed by atoms with E-state index in [0.29, 0.717) is 17.7 Å². The highest BCUT2D eigenvalue weighted by molar-refractivity contribution is 5.74. The van der Waals surface area contributed by atoms with Gasteiger partial charge in [0.25, 0.3) is 0 Å². The van der Waals surface area contributed by atoms with Gasteiger partial charge in [0.2, 0.25) is 0 Å². The van der Waals surface area contributed by atoms with E-state index in [9.17, 15) is 13.6 Å². The lowest BCUT2D eigenvalue weighted by molar-refractivity contribution is 0.112. The maximum absolute atomic E-state index is 12.9. The van der Waals surface area contributed by atoms with Crippen LogP contribution in [-0.2, 0) is 0 Å². The average Bonchev–Trinajstić information content (AvgIpc) is 2.59. The second-order valence-corrected chi connectivity index (χ2v) is 3.50. The Bertz CT molecular complexity index is 345. The highest BCUT2D eigenvalue weighted by atomic mass is 19.2. The maximum atomic E-state index is 12.9. The lowest BCUT2D eigenvalue weighted by Crippen LogP contribution is -2.21. The molecule has 3 nitrogen and oxygen atoms in total. The number of rotatable bonds is 2. The molecular weight excluding hydrogens is 202 g/mol. The Balaban J connectivity index is 2.13. The fourth-order valence-electron chi connectivity index (χ4n) is 1.57. The van der Waals surface area contributed by atoms with Gasteiger partial charge in [0.1, 0.15) is 5.82 Å². The van der Waals surface area contributed by atoms with Crippen molar-refractivity contribution in [3.63, 3.8) is 0 Å². The minimum absolute atomic E-state index is 0.0224. The van der Waals surface area contributed by atoms with Crippen molar-refractivity contribution >= 4 is 12.1 Å². The van der Waals surface area contributed by atoms with Crippen molar-refractivity contribution in [3.05, 3.63) is 23.9 Å². The Morgan fingerprint density at radius 2 is 2.00 bits per heavy atom. The van der Waals surface area contributed by atoms with Gasteiger partial charge in [-0.1, -0.05) is 0 Å². The van der Waals surface area contributed by atoms with Crippen LogP contribution < -0.4 is 4.90 Å². The molecule has 5 heteroatoms. The molecule has 0 aliphatic carbocycles. The molecule has 0 saturated carbocycles. The monoisotopic (exact) mass is 212 g/mol. The Kier molecular flexibility index (Phi) is 2.62. The molecule has 80 valence electrons. The minimum Gasteiger partial charge on any atom is -0.351 e. The van der Waals surface area contributed by atoms with Gasteiger partial charge in [-0.25, -0.2) is 13.8 Å². The summed E-state index contributed by atoms with van der Waals surface area (Å²) in [4.78, 5) is 15.9. The number of nitrogens with zero attached hydrogens (tertiary/aromatic N) is 2. The van der Waals surface area contributed by atoms with Crippen molar-refractivity contribution in [2.75, 3.05) is 18.0 Å². The van der Waals surface area contributed by atoms with Crippen LogP contribution in [0.5, 0.6) is 0 Å². The van der Waals surface area contributed by atoms with E-state index in [4.69, 9.17) is 0 Å². The summed E-state index contributed by atoms with van der Waals surface area (Å²) in [5.74, 6) is 0.503. The van der Waals surface area contributed by atoms with E-state index in [1.54, 1.807) is 12.1 Å². The van der Waals surface area contributed by atoms with Gasteiger partial charge in [0.15, 0.2) is 18.6 Å². The van der Waals surface area contributed by atoms with Crippen LogP contribution in [0.25, 0.3) is 0 Å². The van der Waals surface area contributed by atoms with Crippen molar-refractivity contribution in [1.82, 2.24) is 4.98 Å². The number of alkyl halides is 2. The van der Waals surface area contributed by atoms with Crippen molar-refractivity contribution in [3.8, 4) is 0 Å². The van der Waals surface area contributed by atoms with Crippen molar-refractivity contribution < 1.29 is 13.6 Å². The number of anilines is 1. The van der Waals surface area contributed by atoms with E-state index in [1.807, 2.05) is 0 Å². The number of carbonyl (C=O) groups excluding carboxylic acids is 1. The molecule has 1 aliphatic rings. The van der Waals surface area contributed by atoms with Crippen molar-refractivity contribution in [2.45, 2.75) is 12.3 Å². The number of pyridine rings is 1. The molecule has 15 heavy (non-hydrogen) atoms. The van der Waals surface area contributed by atoms with Crippen LogP contribution in [0.15, 0.2) is 18.3 Å². The van der Waals surface area contributed by atoms with Crippen molar-refractivity contribution in [2.24, 2.45) is 0 Å². The zero-order valence-electron chi connectivity index (χ0n) is 7.94. The van der Waals surface area contributed by atoms with Gasteiger partial charge in [0.05, 0.1) is 13.1 Å². The highest BCUT2D eigenvalue weighted by Gasteiger charge is 2.33. The third kappa shape index (κ3) is 1.95. The first-order chi connectivity index (χ1) is 7.20. The quantitative estimate of drug-likeness (QED) is 0.694. The Hall–Kier alpha value is -1.52. The molecule has 0 amide bonds. The second-order valence-electron chi connectivity index (χ2n) is 3.50. The third-order valence-electron chi connectivity index (χ3n) is 2.41. The summed E-state index contributed by atoms with van der Waals surface area (Å²) in [6, 6.07) is 3.17. The summed E-state index contributed by atoms with van der Waals surface area (Å²) in [5.41, 5.74) is 0.451. The summed E-state index contributed by atoms with van der Waals surface area (Å²) < 4.78 is 25.8. The number of hydrogen-bond acceptors (Lipinski definition) is 3. The topological polar surface area (TPSA) is 33.2 Å². The van der Waals surface area contributed by atoms with Gasteiger partial charge in [-0.05, 0) is 12.1 Å². The molecule has 1 aromatic rings. The van der Waals surface area contributed by atoms with Gasteiger partial charge in [-0.3, -0.25) is 4.79 Å². The standard InChI is InChI=1S/C10H10F2N2O/c11-8-4-14(5-9(8)12)10-2-1-7(6-15)3-13-10/h1-3,6,8-9H,4-5H2. The van der Waals surface area contributed by atoms with E-state index in [-0.39, 0.29) is 13.1 Å². The van der Waals surface area contributed by atoms with Crippen LogP contribution in [0.3, 0.4) is 0 Å². The largest absolute Gasteiger partial charge is 0.351 e. The number of hydrogen-bond donors (Lipinski definition) is 0. The molecule has 0 N–H and O–H groups in total. The van der Waals surface area contributed by atoms with E-state index in [0.717, 1.165) is 0 Å². The second kappa shape index (κ2) is 3.92. The Morgan fingerprint density at radius 1 is 1.33 bits per heavy atom. The smallest absolute Gasteiger partial charge is 0.151 e. The van der Waals surface area contributed by atoms with Crippen LogP contribution in [-0.4, -0.2) is 36.7 Å². The summed E-state index contributed by atoms with van der Waals surface area (Å²) in [7, 11) is 0. The molecule has 2 atom stereocenters. The van der Waals surface area contributed by atoms with Crippen LogP contribution >= 0.6 is 0 Å². The number of aldehydes is 1. The van der Waals surface area contributed by atoms with Crippen LogP contribution in [0.1, 0.15) is 10.4 Å². The normalized spacial score (nSPS) is 25.6. The molecule has 1 fully saturated rings. The van der Waals surface area contributed by atoms with Crippen LogP contribution in [0.2, 0.25) is 0 Å². The number of carbonyl (C=O) groups is 1. The van der Waals surface area contributed by atoms with Gasteiger partial charge in [-0.15, -0.1) is 0 Å². The minimum atomic E-state index is -1.45. The summed E-state index contributed by atoms with van der Waals surface area (Å²) in [5, 5.41) is 0. The van der Waals surface area contributed by atoms with E-state index in [1.165, 1.54) is 11.1 Å². The number of halogens is 2. The van der Waals surface area contributed by atoms with Crippen molar-refractivity contribution in [1.29, 1.82) is 0 Å². The van der Waals surface area contributed by atoms with Crippen LogP contribution in [0, 0.1) is 0 Å². The predicted molar refractivity (Wildman–Crippen MR) is 51.6 cm³/mol. The van der Waals surface area contributed by atoms with E-state index >= 15 is 0 Å². The first-order valence-corrected chi connectivity index (χ1v) is 4.65. The summed E-state index contributed by atoms with van der Waals surface area (Å²) >= 11 is 0. The fraction of sp³-hybridized carbons (Fsp3) is 0.400. The van der Waals surface area contributed by atoms with Gasteiger partial charge in [-0.2, -0.15) is 0 Å². The van der Waals surface area contributed by atoms with Gasteiger partial charge < -0.3 is 4.90 Å². The molecular formula is C10H10F2N2O. The van der Waals surface area contributed by atoms with Crippen LogP contribution in [0.4, 0.5) is 14.6 Å². The SMILES string of the molecule is O=Cc1ccc(N2CC(F)C(F)C2)nc1. The van der Waals surface area contributed by atoms with Gasteiger partial charge >= 0.3 is 0 Å². The maximum Gasteiger partial charge on any atom is 0.151 e. The lowest BCUT2D eigenvalue weighted by atomic mass is 10.3. The van der Waals surface area contributed by atoms with E-state index in [2.05, 4.69) is 4.98 Å². The molecule has 1 saturated heterocycles. The zero-order valence-corrected chi connectivity index (χ0v) is 7.94. The molecule has 0 bridgehead atoms. The molecule has 2 rings (SSSR count). The number of aromatic nitrogens is 1. The Labute approximate surface area is 85.7 Å². The van der Waals surface area contributed by atoms with E-state index < -0.39 is 12.3 Å². The summed E-state index contributed by atoms with van der Waals surface area (Å²) in [6.07, 6.45) is -0.826. The zero-order chi connectivity index (χ0) is 10.8. The molecule has 2 unspecified atom stereocenters.